The fourth-order valence-corrected chi connectivity index (χ4v) is 3.50. The van der Waals surface area contributed by atoms with Gasteiger partial charge in [0, 0.05) is 25.2 Å². The number of fused-ring (bicyclic) bond motifs is 2. The molecule has 0 aromatic carbocycles. The zero-order valence-electron chi connectivity index (χ0n) is 11.3. The lowest BCUT2D eigenvalue weighted by molar-refractivity contribution is -0.0213. The number of nitrogens with zero attached hydrogens (tertiary/aromatic N) is 1. The van der Waals surface area contributed by atoms with Crippen molar-refractivity contribution in [1.29, 1.82) is 0 Å². The summed E-state index contributed by atoms with van der Waals surface area (Å²) in [6.07, 6.45) is 9.54. The van der Waals surface area contributed by atoms with E-state index in [0.29, 0.717) is 18.2 Å². The second kappa shape index (κ2) is 5.22. The number of aliphatic hydroxyl groups excluding tert-OH is 1. The molecule has 0 spiro atoms. The summed E-state index contributed by atoms with van der Waals surface area (Å²) in [5, 5.41) is 9.05. The van der Waals surface area contributed by atoms with E-state index in [-0.39, 0.29) is 0 Å². The van der Waals surface area contributed by atoms with Crippen molar-refractivity contribution in [2.24, 2.45) is 5.92 Å². The molecule has 3 fully saturated rings. The summed E-state index contributed by atoms with van der Waals surface area (Å²) in [6.45, 7) is 3.94. The highest BCUT2D eigenvalue weighted by Gasteiger charge is 2.41. The second-order valence-corrected chi connectivity index (χ2v) is 6.40. The van der Waals surface area contributed by atoms with Crippen molar-refractivity contribution in [1.82, 2.24) is 4.90 Å². The molecule has 0 aromatic rings. The minimum atomic E-state index is 0.498. The molecule has 1 saturated carbocycles. The van der Waals surface area contributed by atoms with Crippen LogP contribution in [0.1, 0.15) is 45.4 Å². The molecule has 3 atom stereocenters. The number of hydrogen-bond donors (Lipinski definition) is 1. The Hall–Kier alpha value is -0.540. The Labute approximate surface area is 110 Å². The highest BCUT2D eigenvalue weighted by molar-refractivity contribution is 5.03. The van der Waals surface area contributed by atoms with E-state index in [9.17, 15) is 0 Å². The van der Waals surface area contributed by atoms with Gasteiger partial charge in [0.25, 0.3) is 0 Å². The van der Waals surface area contributed by atoms with Gasteiger partial charge in [0.15, 0.2) is 0 Å². The summed E-state index contributed by atoms with van der Waals surface area (Å²) < 4.78 is 6.08. The minimum Gasteiger partial charge on any atom is -0.516 e. The molecule has 0 aromatic heterocycles. The van der Waals surface area contributed by atoms with Crippen LogP contribution in [0.2, 0.25) is 0 Å². The molecule has 3 heteroatoms. The Morgan fingerprint density at radius 3 is 2.44 bits per heavy atom. The highest BCUT2D eigenvalue weighted by atomic mass is 16.5. The molecule has 3 nitrogen and oxygen atoms in total. The van der Waals surface area contributed by atoms with Gasteiger partial charge >= 0.3 is 0 Å². The topological polar surface area (TPSA) is 32.7 Å². The average Bonchev–Trinajstić information content (AvgIpc) is 3.16. The Morgan fingerprint density at radius 2 is 1.89 bits per heavy atom. The minimum absolute atomic E-state index is 0.498. The predicted octanol–water partition coefficient (Wildman–Crippen LogP) is 2.87. The van der Waals surface area contributed by atoms with Gasteiger partial charge in [-0.15, -0.1) is 0 Å². The van der Waals surface area contributed by atoms with Crippen molar-refractivity contribution in [3.63, 3.8) is 0 Å². The Kier molecular flexibility index (Phi) is 3.62. The summed E-state index contributed by atoms with van der Waals surface area (Å²) in [5.74, 6) is 0.875. The van der Waals surface area contributed by atoms with Crippen LogP contribution in [0.5, 0.6) is 0 Å². The highest BCUT2D eigenvalue weighted by Crippen LogP contribution is 2.38. The van der Waals surface area contributed by atoms with Crippen molar-refractivity contribution < 1.29 is 9.84 Å². The lowest BCUT2D eigenvalue weighted by atomic mass is 9.99. The van der Waals surface area contributed by atoms with Gasteiger partial charge in [-0.3, -0.25) is 4.90 Å². The Balaban J connectivity index is 1.52. The molecule has 0 radical (unpaired) electrons. The number of rotatable bonds is 5. The van der Waals surface area contributed by atoms with E-state index in [1.54, 1.807) is 0 Å². The predicted molar refractivity (Wildman–Crippen MR) is 71.6 cm³/mol. The van der Waals surface area contributed by atoms with Crippen LogP contribution in [0.4, 0.5) is 0 Å². The quantitative estimate of drug-likeness (QED) is 0.763. The molecule has 1 aliphatic carbocycles. The third-order valence-electron chi connectivity index (χ3n) is 4.76. The zero-order valence-corrected chi connectivity index (χ0v) is 11.3. The van der Waals surface area contributed by atoms with E-state index >= 15 is 0 Å². The van der Waals surface area contributed by atoms with E-state index in [2.05, 4.69) is 4.90 Å². The van der Waals surface area contributed by atoms with Crippen LogP contribution in [-0.4, -0.2) is 41.3 Å². The lowest BCUT2D eigenvalue weighted by Gasteiger charge is -2.39. The Bertz CT molecular complexity index is 310. The summed E-state index contributed by atoms with van der Waals surface area (Å²) >= 11 is 0. The van der Waals surface area contributed by atoms with Gasteiger partial charge in [-0.25, -0.2) is 0 Å². The van der Waals surface area contributed by atoms with Gasteiger partial charge in [0.05, 0.1) is 12.4 Å². The molecule has 1 unspecified atom stereocenters. The maximum atomic E-state index is 9.05. The first-order chi connectivity index (χ1) is 8.76. The third kappa shape index (κ3) is 2.72. The SMILES string of the molecule is C/C(=C\O)CN1[C@@H]2CC[C@H]1CC(OCC1CC1)C2. The fourth-order valence-electron chi connectivity index (χ4n) is 3.50. The summed E-state index contributed by atoms with van der Waals surface area (Å²) in [4.78, 5) is 2.58. The van der Waals surface area contributed by atoms with Crippen LogP contribution in [0, 0.1) is 5.92 Å². The van der Waals surface area contributed by atoms with E-state index in [0.717, 1.165) is 24.6 Å². The van der Waals surface area contributed by atoms with Crippen LogP contribution >= 0.6 is 0 Å². The van der Waals surface area contributed by atoms with E-state index in [4.69, 9.17) is 9.84 Å². The average molecular weight is 251 g/mol. The Morgan fingerprint density at radius 1 is 1.22 bits per heavy atom. The standard InChI is InChI=1S/C15H25NO2/c1-11(9-17)8-16-13-4-5-14(16)7-15(6-13)18-10-12-2-3-12/h9,12-15,17H,2-8,10H2,1H3/b11-9+/t13-,14+,15?. The second-order valence-electron chi connectivity index (χ2n) is 6.40. The fraction of sp³-hybridized carbons (Fsp3) is 0.867. The first kappa shape index (κ1) is 12.5. The van der Waals surface area contributed by atoms with Crippen LogP contribution in [-0.2, 0) is 4.74 Å². The molecule has 2 bridgehead atoms. The molecular weight excluding hydrogens is 226 g/mol. The third-order valence-corrected chi connectivity index (χ3v) is 4.76. The van der Waals surface area contributed by atoms with Gasteiger partial charge in [0.2, 0.25) is 0 Å². The van der Waals surface area contributed by atoms with Crippen LogP contribution in [0.3, 0.4) is 0 Å². The number of hydrogen-bond acceptors (Lipinski definition) is 3. The van der Waals surface area contributed by atoms with E-state index in [1.165, 1.54) is 44.8 Å². The van der Waals surface area contributed by atoms with Crippen molar-refractivity contribution in [2.75, 3.05) is 13.2 Å². The molecule has 0 amide bonds. The van der Waals surface area contributed by atoms with Gasteiger partial charge in [-0.1, -0.05) is 0 Å². The first-order valence-electron chi connectivity index (χ1n) is 7.43. The molecule has 2 aliphatic heterocycles. The van der Waals surface area contributed by atoms with Crippen molar-refractivity contribution in [2.45, 2.75) is 63.6 Å². The number of piperidine rings is 1. The molecule has 2 saturated heterocycles. The van der Waals surface area contributed by atoms with Crippen molar-refractivity contribution in [3.05, 3.63) is 11.8 Å². The van der Waals surface area contributed by atoms with Crippen LogP contribution in [0.15, 0.2) is 11.8 Å². The summed E-state index contributed by atoms with van der Waals surface area (Å²) in [7, 11) is 0. The van der Waals surface area contributed by atoms with Gasteiger partial charge in [0.1, 0.15) is 0 Å². The largest absolute Gasteiger partial charge is 0.516 e. The number of aliphatic hydroxyl groups is 1. The maximum Gasteiger partial charge on any atom is 0.0793 e. The smallest absolute Gasteiger partial charge is 0.0793 e. The molecule has 3 aliphatic rings. The molecular formula is C15H25NO2. The summed E-state index contributed by atoms with van der Waals surface area (Å²) in [5.41, 5.74) is 1.07. The molecule has 18 heavy (non-hydrogen) atoms. The van der Waals surface area contributed by atoms with Gasteiger partial charge < -0.3 is 9.84 Å². The monoisotopic (exact) mass is 251 g/mol. The van der Waals surface area contributed by atoms with E-state index in [1.807, 2.05) is 6.92 Å². The number of ether oxygens (including phenoxy) is 1. The molecule has 3 rings (SSSR count). The molecule has 2 heterocycles. The van der Waals surface area contributed by atoms with Crippen LogP contribution < -0.4 is 0 Å². The van der Waals surface area contributed by atoms with Crippen molar-refractivity contribution in [3.8, 4) is 0 Å². The van der Waals surface area contributed by atoms with E-state index < -0.39 is 0 Å². The normalized spacial score (nSPS) is 37.2. The van der Waals surface area contributed by atoms with Gasteiger partial charge in [-0.2, -0.15) is 0 Å². The maximum absolute atomic E-state index is 9.05. The molecule has 1 N–H and O–H groups in total. The zero-order chi connectivity index (χ0) is 12.5. The first-order valence-corrected chi connectivity index (χ1v) is 7.43. The summed E-state index contributed by atoms with van der Waals surface area (Å²) in [6, 6.07) is 1.37. The van der Waals surface area contributed by atoms with Gasteiger partial charge in [-0.05, 0) is 56.9 Å². The van der Waals surface area contributed by atoms with Crippen LogP contribution in [0.25, 0.3) is 0 Å². The molecule has 102 valence electrons. The lowest BCUT2D eigenvalue weighted by Crippen LogP contribution is -2.46. The van der Waals surface area contributed by atoms with Crippen molar-refractivity contribution >= 4 is 0 Å².